The summed E-state index contributed by atoms with van der Waals surface area (Å²) in [6, 6.07) is 4.46. The van der Waals surface area contributed by atoms with E-state index < -0.39 is 10.0 Å². The van der Waals surface area contributed by atoms with Gasteiger partial charge in [-0.15, -0.1) is 0 Å². The van der Waals surface area contributed by atoms with Crippen LogP contribution in [0.15, 0.2) is 23.1 Å². The third-order valence-corrected chi connectivity index (χ3v) is 4.75. The summed E-state index contributed by atoms with van der Waals surface area (Å²) in [6.45, 7) is 2.61. The molecule has 2 unspecified atom stereocenters. The van der Waals surface area contributed by atoms with Crippen LogP contribution in [0.4, 0.5) is 5.69 Å². The number of nitrogen functional groups attached to an aromatic ring is 1. The smallest absolute Gasteiger partial charge is 0.240 e. The fourth-order valence-corrected chi connectivity index (χ4v) is 2.95. The van der Waals surface area contributed by atoms with E-state index in [2.05, 4.69) is 11.6 Å². The Balaban J connectivity index is 2.13. The van der Waals surface area contributed by atoms with Gasteiger partial charge in [-0.05, 0) is 30.4 Å². The van der Waals surface area contributed by atoms with Gasteiger partial charge in [-0.3, -0.25) is 0 Å². The van der Waals surface area contributed by atoms with Gasteiger partial charge in [0.2, 0.25) is 10.0 Å². The van der Waals surface area contributed by atoms with E-state index in [4.69, 9.17) is 10.5 Å². The van der Waals surface area contributed by atoms with Gasteiger partial charge in [0.25, 0.3) is 0 Å². The minimum absolute atomic E-state index is 0.182. The van der Waals surface area contributed by atoms with Crippen molar-refractivity contribution >= 4 is 15.7 Å². The topological polar surface area (TPSA) is 81.4 Å². The molecule has 18 heavy (non-hydrogen) atoms. The van der Waals surface area contributed by atoms with Crippen LogP contribution in [-0.2, 0) is 10.0 Å². The van der Waals surface area contributed by atoms with E-state index in [0.717, 1.165) is 6.42 Å². The van der Waals surface area contributed by atoms with Crippen LogP contribution in [0.3, 0.4) is 0 Å². The standard InChI is InChI=1S/C12H18N2O3S/c1-8-5-9(8)7-14-18(15,16)10-3-4-11(13)12(6-10)17-2/h3-4,6,8-9,14H,5,7,13H2,1-2H3. The normalized spacial score (nSPS) is 22.8. The Hall–Kier alpha value is -1.27. The number of methoxy groups -OCH3 is 1. The SMILES string of the molecule is COc1cc(S(=O)(=O)NCC2CC2C)ccc1N. The van der Waals surface area contributed by atoms with E-state index in [0.29, 0.717) is 29.8 Å². The summed E-state index contributed by atoms with van der Waals surface area (Å²) in [7, 11) is -2.01. The summed E-state index contributed by atoms with van der Waals surface area (Å²) in [5.74, 6) is 1.46. The van der Waals surface area contributed by atoms with Crippen molar-refractivity contribution in [3.63, 3.8) is 0 Å². The first-order chi connectivity index (χ1) is 8.44. The highest BCUT2D eigenvalue weighted by atomic mass is 32.2. The van der Waals surface area contributed by atoms with Crippen LogP contribution in [-0.4, -0.2) is 22.1 Å². The van der Waals surface area contributed by atoms with Crippen LogP contribution in [0.25, 0.3) is 0 Å². The molecule has 0 bridgehead atoms. The average molecular weight is 270 g/mol. The summed E-state index contributed by atoms with van der Waals surface area (Å²) in [5, 5.41) is 0. The maximum absolute atomic E-state index is 12.0. The van der Waals surface area contributed by atoms with Gasteiger partial charge in [-0.25, -0.2) is 13.1 Å². The molecule has 1 aromatic carbocycles. The quantitative estimate of drug-likeness (QED) is 0.788. The lowest BCUT2D eigenvalue weighted by molar-refractivity contribution is 0.415. The van der Waals surface area contributed by atoms with Crippen molar-refractivity contribution in [2.24, 2.45) is 11.8 Å². The minimum atomic E-state index is -3.47. The molecule has 0 saturated heterocycles. The molecule has 0 aliphatic heterocycles. The molecule has 100 valence electrons. The Kier molecular flexibility index (Phi) is 3.49. The zero-order valence-corrected chi connectivity index (χ0v) is 11.3. The molecular formula is C12H18N2O3S. The van der Waals surface area contributed by atoms with Gasteiger partial charge in [0.1, 0.15) is 5.75 Å². The largest absolute Gasteiger partial charge is 0.495 e. The highest BCUT2D eigenvalue weighted by Crippen LogP contribution is 2.37. The molecule has 6 heteroatoms. The Morgan fingerprint density at radius 3 is 2.72 bits per heavy atom. The third-order valence-electron chi connectivity index (χ3n) is 3.33. The van der Waals surface area contributed by atoms with Crippen molar-refractivity contribution in [3.05, 3.63) is 18.2 Å². The summed E-state index contributed by atoms with van der Waals surface area (Å²) in [5.41, 5.74) is 6.08. The van der Waals surface area contributed by atoms with Gasteiger partial charge in [0.15, 0.2) is 0 Å². The van der Waals surface area contributed by atoms with Crippen molar-refractivity contribution in [2.45, 2.75) is 18.2 Å². The van der Waals surface area contributed by atoms with E-state index in [-0.39, 0.29) is 4.90 Å². The Morgan fingerprint density at radius 1 is 1.50 bits per heavy atom. The van der Waals surface area contributed by atoms with Gasteiger partial charge in [0.05, 0.1) is 17.7 Å². The summed E-state index contributed by atoms with van der Waals surface area (Å²) in [4.78, 5) is 0.182. The lowest BCUT2D eigenvalue weighted by Crippen LogP contribution is -2.26. The second-order valence-electron chi connectivity index (χ2n) is 4.73. The van der Waals surface area contributed by atoms with E-state index in [1.165, 1.54) is 25.3 Å². The van der Waals surface area contributed by atoms with Gasteiger partial charge < -0.3 is 10.5 Å². The predicted molar refractivity (Wildman–Crippen MR) is 69.9 cm³/mol. The second kappa shape index (κ2) is 4.78. The molecule has 0 amide bonds. The lowest BCUT2D eigenvalue weighted by atomic mass is 10.3. The van der Waals surface area contributed by atoms with Crippen LogP contribution in [0.5, 0.6) is 5.75 Å². The number of nitrogens with one attached hydrogen (secondary N) is 1. The highest BCUT2D eigenvalue weighted by Gasteiger charge is 2.33. The van der Waals surface area contributed by atoms with Crippen LogP contribution in [0.2, 0.25) is 0 Å². The molecule has 3 N–H and O–H groups in total. The Bertz CT molecular complexity index is 542. The number of nitrogens with two attached hydrogens (primary N) is 1. The minimum Gasteiger partial charge on any atom is -0.495 e. The third kappa shape index (κ3) is 2.76. The van der Waals surface area contributed by atoms with E-state index in [1.807, 2.05) is 0 Å². The number of rotatable bonds is 5. The van der Waals surface area contributed by atoms with Crippen LogP contribution < -0.4 is 15.2 Å². The average Bonchev–Trinajstić information content (AvgIpc) is 3.03. The molecule has 0 radical (unpaired) electrons. The molecule has 5 nitrogen and oxygen atoms in total. The Labute approximate surface area is 107 Å². The monoisotopic (exact) mass is 270 g/mol. The van der Waals surface area contributed by atoms with E-state index >= 15 is 0 Å². The Morgan fingerprint density at radius 2 is 2.17 bits per heavy atom. The fourth-order valence-electron chi connectivity index (χ4n) is 1.84. The number of anilines is 1. The molecular weight excluding hydrogens is 252 g/mol. The second-order valence-corrected chi connectivity index (χ2v) is 6.50. The van der Waals surface area contributed by atoms with Crippen molar-refractivity contribution < 1.29 is 13.2 Å². The van der Waals surface area contributed by atoms with Gasteiger partial charge in [-0.1, -0.05) is 6.92 Å². The molecule has 1 fully saturated rings. The predicted octanol–water partition coefficient (Wildman–Crippen LogP) is 1.21. The zero-order valence-electron chi connectivity index (χ0n) is 10.5. The summed E-state index contributed by atoms with van der Waals surface area (Å²) in [6.07, 6.45) is 1.09. The molecule has 1 aliphatic rings. The fraction of sp³-hybridized carbons (Fsp3) is 0.500. The molecule has 0 spiro atoms. The van der Waals surface area contributed by atoms with E-state index in [9.17, 15) is 8.42 Å². The number of sulfonamides is 1. The number of hydrogen-bond acceptors (Lipinski definition) is 4. The van der Waals surface area contributed by atoms with Crippen molar-refractivity contribution in [1.29, 1.82) is 0 Å². The van der Waals surface area contributed by atoms with Crippen molar-refractivity contribution in [3.8, 4) is 5.75 Å². The molecule has 1 aromatic rings. The van der Waals surface area contributed by atoms with Crippen LogP contribution in [0, 0.1) is 11.8 Å². The first kappa shape index (κ1) is 13.2. The lowest BCUT2D eigenvalue weighted by Gasteiger charge is -2.09. The molecule has 0 aromatic heterocycles. The van der Waals surface area contributed by atoms with Crippen LogP contribution >= 0.6 is 0 Å². The highest BCUT2D eigenvalue weighted by molar-refractivity contribution is 7.89. The maximum Gasteiger partial charge on any atom is 0.240 e. The van der Waals surface area contributed by atoms with Gasteiger partial charge in [-0.2, -0.15) is 0 Å². The first-order valence-electron chi connectivity index (χ1n) is 5.87. The van der Waals surface area contributed by atoms with Crippen molar-refractivity contribution in [2.75, 3.05) is 19.4 Å². The molecule has 0 heterocycles. The van der Waals surface area contributed by atoms with Crippen molar-refractivity contribution in [1.82, 2.24) is 4.72 Å². The molecule has 2 rings (SSSR count). The first-order valence-corrected chi connectivity index (χ1v) is 7.35. The number of ether oxygens (including phenoxy) is 1. The summed E-state index contributed by atoms with van der Waals surface area (Å²) < 4.78 is 31.7. The zero-order chi connectivity index (χ0) is 13.3. The number of hydrogen-bond donors (Lipinski definition) is 2. The number of benzene rings is 1. The maximum atomic E-state index is 12.0. The molecule has 1 aliphatic carbocycles. The van der Waals surface area contributed by atoms with Gasteiger partial charge >= 0.3 is 0 Å². The molecule has 2 atom stereocenters. The van der Waals surface area contributed by atoms with Crippen LogP contribution in [0.1, 0.15) is 13.3 Å². The summed E-state index contributed by atoms with van der Waals surface area (Å²) >= 11 is 0. The van der Waals surface area contributed by atoms with Gasteiger partial charge in [0, 0.05) is 12.6 Å². The molecule has 1 saturated carbocycles. The van der Waals surface area contributed by atoms with E-state index in [1.54, 1.807) is 0 Å².